The highest BCUT2D eigenvalue weighted by molar-refractivity contribution is 6.10. The van der Waals surface area contributed by atoms with Gasteiger partial charge in [0.2, 0.25) is 0 Å². The molecule has 1 aromatic heterocycles. The lowest BCUT2D eigenvalue weighted by Crippen LogP contribution is -2.26. The lowest BCUT2D eigenvalue weighted by atomic mass is 9.70. The Labute approximate surface area is 460 Å². The maximum absolute atomic E-state index is 2.48. The van der Waals surface area contributed by atoms with Gasteiger partial charge in [-0.15, -0.1) is 0 Å². The van der Waals surface area contributed by atoms with Crippen molar-refractivity contribution in [2.45, 2.75) is 5.41 Å². The van der Waals surface area contributed by atoms with Gasteiger partial charge in [0.05, 0.1) is 16.4 Å². The predicted molar refractivity (Wildman–Crippen MR) is 331 cm³/mol. The predicted octanol–water partition coefficient (Wildman–Crippen LogP) is 20.4. The highest BCUT2D eigenvalue weighted by Crippen LogP contribution is 2.63. The molecule has 2 aliphatic rings. The Morgan fingerprint density at radius 2 is 0.684 bits per heavy atom. The van der Waals surface area contributed by atoms with Crippen LogP contribution in [0.2, 0.25) is 0 Å². The second-order valence-corrected chi connectivity index (χ2v) is 21.2. The van der Waals surface area contributed by atoms with Gasteiger partial charge in [0.25, 0.3) is 0 Å². The van der Waals surface area contributed by atoms with Crippen molar-refractivity contribution in [1.29, 1.82) is 0 Å². The fourth-order valence-electron chi connectivity index (χ4n) is 13.4. The standard InChI is InChI=1S/C77H50N2/c1-2-15-51(16-3-1)53-31-42-63(43-32-53)79-75-28-13-9-24-69(75)70-49-60(37-46-76(70)79)58-20-14-19-57(47-58)54-33-38-61(39-34-54)78(62-40-35-55(36-41-62)59-30-29-52-17-4-5-18-56(52)48-59)64-44-45-68-67-23-8-12-27-73(67)77(74(68)50-64)71-25-10-6-21-65(71)66-22-7-11-26-72(66)77/h1-50H. The van der Waals surface area contributed by atoms with Gasteiger partial charge in [-0.25, -0.2) is 0 Å². The van der Waals surface area contributed by atoms with E-state index in [-0.39, 0.29) is 0 Å². The van der Waals surface area contributed by atoms with Crippen molar-refractivity contribution in [3.8, 4) is 72.4 Å². The Kier molecular flexibility index (Phi) is 10.2. The van der Waals surface area contributed by atoms with E-state index in [2.05, 4.69) is 313 Å². The van der Waals surface area contributed by atoms with Crippen LogP contribution in [0, 0.1) is 0 Å². The zero-order chi connectivity index (χ0) is 52.0. The summed E-state index contributed by atoms with van der Waals surface area (Å²) in [6, 6.07) is 112. The molecule has 13 aromatic carbocycles. The second-order valence-electron chi connectivity index (χ2n) is 21.2. The summed E-state index contributed by atoms with van der Waals surface area (Å²) in [5.74, 6) is 0. The molecule has 2 nitrogen and oxygen atoms in total. The number of aromatic nitrogens is 1. The minimum absolute atomic E-state index is 0.452. The summed E-state index contributed by atoms with van der Waals surface area (Å²) in [7, 11) is 0. The summed E-state index contributed by atoms with van der Waals surface area (Å²) in [6.45, 7) is 0. The average Bonchev–Trinajstić information content (AvgIpc) is 4.20. The third-order valence-electron chi connectivity index (χ3n) is 17.0. The van der Waals surface area contributed by atoms with Gasteiger partial charge in [0.15, 0.2) is 0 Å². The Hall–Kier alpha value is -10.3. The van der Waals surface area contributed by atoms with E-state index in [1.165, 1.54) is 116 Å². The van der Waals surface area contributed by atoms with Crippen LogP contribution in [0.3, 0.4) is 0 Å². The average molecular weight is 1000 g/mol. The first-order chi connectivity index (χ1) is 39.2. The minimum atomic E-state index is -0.452. The number of hydrogen-bond donors (Lipinski definition) is 0. The SMILES string of the molecule is c1ccc(-c2ccc(-n3c4ccccc4c4cc(-c5cccc(-c6ccc(N(c7ccc(-c8ccc9ccccc9c8)cc7)c7ccc8c(c7)C7(c9ccccc9-c9ccccc97)c7ccccc7-8)cc6)c5)ccc43)cc2)cc1. The van der Waals surface area contributed by atoms with E-state index in [1.54, 1.807) is 0 Å². The van der Waals surface area contributed by atoms with Crippen molar-refractivity contribution in [3.05, 3.63) is 326 Å². The molecule has 0 bridgehead atoms. The summed E-state index contributed by atoms with van der Waals surface area (Å²) in [5, 5.41) is 4.97. The number of hydrogen-bond acceptors (Lipinski definition) is 1. The Balaban J connectivity index is 0.787. The van der Waals surface area contributed by atoms with E-state index in [9.17, 15) is 0 Å². The minimum Gasteiger partial charge on any atom is -0.310 e. The summed E-state index contributed by atoms with van der Waals surface area (Å²) in [4.78, 5) is 2.44. The first kappa shape index (κ1) is 45.0. The van der Waals surface area contributed by atoms with Crippen LogP contribution < -0.4 is 4.90 Å². The first-order valence-electron chi connectivity index (χ1n) is 27.4. The molecule has 368 valence electrons. The molecule has 1 spiro atoms. The van der Waals surface area contributed by atoms with E-state index in [0.717, 1.165) is 28.3 Å². The molecule has 0 aliphatic heterocycles. The maximum atomic E-state index is 2.48. The highest BCUT2D eigenvalue weighted by atomic mass is 15.1. The van der Waals surface area contributed by atoms with Gasteiger partial charge in [-0.05, 0) is 179 Å². The van der Waals surface area contributed by atoms with E-state index >= 15 is 0 Å². The number of nitrogens with zero attached hydrogens (tertiary/aromatic N) is 2. The smallest absolute Gasteiger partial charge is 0.0726 e. The number of rotatable bonds is 8. The van der Waals surface area contributed by atoms with E-state index < -0.39 is 5.41 Å². The quantitative estimate of drug-likeness (QED) is 0.147. The third kappa shape index (κ3) is 7.05. The molecule has 0 amide bonds. The van der Waals surface area contributed by atoms with Gasteiger partial charge in [0.1, 0.15) is 0 Å². The molecule has 0 radical (unpaired) electrons. The third-order valence-corrected chi connectivity index (χ3v) is 17.0. The second kappa shape index (κ2) is 17.9. The largest absolute Gasteiger partial charge is 0.310 e. The summed E-state index contributed by atoms with van der Waals surface area (Å²) < 4.78 is 2.40. The molecule has 1 heterocycles. The lowest BCUT2D eigenvalue weighted by molar-refractivity contribution is 0.793. The van der Waals surface area contributed by atoms with Crippen molar-refractivity contribution in [1.82, 2.24) is 4.57 Å². The molecular formula is C77H50N2. The molecule has 0 saturated heterocycles. The monoisotopic (exact) mass is 1000 g/mol. The van der Waals surface area contributed by atoms with Crippen LogP contribution in [-0.2, 0) is 5.41 Å². The van der Waals surface area contributed by atoms with Crippen LogP contribution in [-0.4, -0.2) is 4.57 Å². The van der Waals surface area contributed by atoms with Gasteiger partial charge in [-0.2, -0.15) is 0 Å². The van der Waals surface area contributed by atoms with Gasteiger partial charge < -0.3 is 9.47 Å². The fraction of sp³-hybridized carbons (Fsp3) is 0.0130. The van der Waals surface area contributed by atoms with Crippen LogP contribution >= 0.6 is 0 Å². The highest BCUT2D eigenvalue weighted by Gasteiger charge is 2.51. The molecule has 0 saturated carbocycles. The van der Waals surface area contributed by atoms with Gasteiger partial charge >= 0.3 is 0 Å². The van der Waals surface area contributed by atoms with E-state index in [4.69, 9.17) is 0 Å². The zero-order valence-electron chi connectivity index (χ0n) is 43.3. The zero-order valence-corrected chi connectivity index (χ0v) is 43.3. The number of para-hydroxylation sites is 1. The number of anilines is 3. The first-order valence-corrected chi connectivity index (χ1v) is 27.4. The van der Waals surface area contributed by atoms with E-state index in [0.29, 0.717) is 0 Å². The normalized spacial score (nSPS) is 12.7. The topological polar surface area (TPSA) is 8.17 Å². The molecule has 0 fully saturated rings. The molecule has 14 aromatic rings. The van der Waals surface area contributed by atoms with Gasteiger partial charge in [0, 0.05) is 33.5 Å². The fourth-order valence-corrected chi connectivity index (χ4v) is 13.4. The number of benzene rings is 13. The Bertz CT molecular complexity index is 4630. The molecule has 16 rings (SSSR count). The maximum Gasteiger partial charge on any atom is 0.0726 e. The van der Waals surface area contributed by atoms with Crippen LogP contribution in [0.15, 0.2) is 303 Å². The molecule has 0 N–H and O–H groups in total. The summed E-state index contributed by atoms with van der Waals surface area (Å²) in [6.07, 6.45) is 0. The summed E-state index contributed by atoms with van der Waals surface area (Å²) in [5.41, 5.74) is 26.5. The van der Waals surface area contributed by atoms with Crippen LogP contribution in [0.1, 0.15) is 22.3 Å². The molecule has 2 aliphatic carbocycles. The van der Waals surface area contributed by atoms with E-state index in [1.807, 2.05) is 0 Å². The Morgan fingerprint density at radius 1 is 0.241 bits per heavy atom. The lowest BCUT2D eigenvalue weighted by Gasteiger charge is -2.32. The van der Waals surface area contributed by atoms with Crippen molar-refractivity contribution < 1.29 is 0 Å². The van der Waals surface area contributed by atoms with Crippen molar-refractivity contribution in [2.24, 2.45) is 0 Å². The number of fused-ring (bicyclic) bond motifs is 14. The van der Waals surface area contributed by atoms with Crippen LogP contribution in [0.25, 0.3) is 105 Å². The van der Waals surface area contributed by atoms with Crippen molar-refractivity contribution in [2.75, 3.05) is 4.90 Å². The van der Waals surface area contributed by atoms with Crippen molar-refractivity contribution >= 4 is 49.6 Å². The van der Waals surface area contributed by atoms with Crippen molar-refractivity contribution in [3.63, 3.8) is 0 Å². The van der Waals surface area contributed by atoms with Gasteiger partial charge in [-0.3, -0.25) is 0 Å². The van der Waals surface area contributed by atoms with Gasteiger partial charge in [-0.1, -0.05) is 224 Å². The van der Waals surface area contributed by atoms with Crippen LogP contribution in [0.5, 0.6) is 0 Å². The molecule has 0 atom stereocenters. The molecule has 79 heavy (non-hydrogen) atoms. The Morgan fingerprint density at radius 3 is 1.35 bits per heavy atom. The van der Waals surface area contributed by atoms with Crippen LogP contribution in [0.4, 0.5) is 17.1 Å². The molecular weight excluding hydrogens is 953 g/mol. The molecule has 0 unspecified atom stereocenters. The molecule has 2 heteroatoms. The summed E-state index contributed by atoms with van der Waals surface area (Å²) >= 11 is 0.